The number of rotatable bonds is 7. The molecule has 1 aliphatic heterocycles. The third kappa shape index (κ3) is 6.15. The average Bonchev–Trinajstić information content (AvgIpc) is 2.73. The number of para-hydroxylation sites is 1. The zero-order valence-electron chi connectivity index (χ0n) is 18.3. The normalized spacial score (nSPS) is 18.6. The van der Waals surface area contributed by atoms with Gasteiger partial charge in [-0.3, -0.25) is 9.59 Å². The topological polar surface area (TPSA) is 58.3 Å². The zero-order valence-corrected chi connectivity index (χ0v) is 18.3. The summed E-state index contributed by atoms with van der Waals surface area (Å²) in [5.74, 6) is 0.231. The summed E-state index contributed by atoms with van der Waals surface area (Å²) in [5, 5.41) is 3.08. The molecule has 2 aromatic carbocycles. The van der Waals surface area contributed by atoms with E-state index < -0.39 is 0 Å². The lowest BCUT2D eigenvalue weighted by Crippen LogP contribution is -3.28. The van der Waals surface area contributed by atoms with Gasteiger partial charge >= 0.3 is 0 Å². The predicted octanol–water partition coefficient (Wildman–Crippen LogP) is -0.316. The average molecular weight is 411 g/mol. The minimum atomic E-state index is 0.0597. The number of nitrogens with one attached hydrogen (secondary N) is 3. The standard InChI is InChI=1S/C24H32N4O2/c1-19-8-7-9-20(2)24(19)25-22(29)17-27-12-14-28(15-13-27)18-23(30)26(3)16-21-10-5-4-6-11-21/h4-11H,12-18H2,1-3H3,(H,25,29)/p+2. The number of benzene rings is 2. The number of carbonyl (C=O) groups is 2. The molecular formula is C24H34N4O2+2. The molecule has 6 heteroatoms. The van der Waals surface area contributed by atoms with Crippen LogP contribution in [0.15, 0.2) is 48.5 Å². The monoisotopic (exact) mass is 410 g/mol. The van der Waals surface area contributed by atoms with Crippen LogP contribution in [-0.4, -0.2) is 63.0 Å². The molecule has 0 radical (unpaired) electrons. The molecule has 0 unspecified atom stereocenters. The maximum Gasteiger partial charge on any atom is 0.279 e. The van der Waals surface area contributed by atoms with Crippen LogP contribution in [0.5, 0.6) is 0 Å². The fraction of sp³-hybridized carbons (Fsp3) is 0.417. The highest BCUT2D eigenvalue weighted by Crippen LogP contribution is 2.18. The Labute approximate surface area is 179 Å². The second kappa shape index (κ2) is 10.4. The SMILES string of the molecule is Cc1cccc(C)c1NC(=O)C[NH+]1CC[NH+](CC(=O)N(C)Cc2ccccc2)CC1. The second-order valence-electron chi connectivity index (χ2n) is 8.40. The van der Waals surface area contributed by atoms with E-state index in [0.717, 1.165) is 48.6 Å². The fourth-order valence-corrected chi connectivity index (χ4v) is 4.03. The summed E-state index contributed by atoms with van der Waals surface area (Å²) >= 11 is 0. The molecular weight excluding hydrogens is 376 g/mol. The van der Waals surface area contributed by atoms with E-state index in [2.05, 4.69) is 5.32 Å². The van der Waals surface area contributed by atoms with E-state index >= 15 is 0 Å². The van der Waals surface area contributed by atoms with Crippen LogP contribution < -0.4 is 15.1 Å². The first-order valence-corrected chi connectivity index (χ1v) is 10.7. The maximum atomic E-state index is 12.6. The molecule has 3 N–H and O–H groups in total. The first kappa shape index (κ1) is 22.0. The van der Waals surface area contributed by atoms with E-state index in [1.54, 1.807) is 4.90 Å². The number of likely N-dealkylation sites (N-methyl/N-ethyl adjacent to an activating group) is 1. The van der Waals surface area contributed by atoms with Gasteiger partial charge in [-0.15, -0.1) is 0 Å². The van der Waals surface area contributed by atoms with Crippen molar-refractivity contribution in [1.82, 2.24) is 4.90 Å². The quantitative estimate of drug-likeness (QED) is 0.586. The minimum Gasteiger partial charge on any atom is -0.337 e. The molecule has 1 heterocycles. The van der Waals surface area contributed by atoms with Gasteiger partial charge in [-0.2, -0.15) is 0 Å². The van der Waals surface area contributed by atoms with Crippen LogP contribution >= 0.6 is 0 Å². The molecule has 0 spiro atoms. The predicted molar refractivity (Wildman–Crippen MR) is 119 cm³/mol. The molecule has 2 amide bonds. The summed E-state index contributed by atoms with van der Waals surface area (Å²) in [6, 6.07) is 16.1. The Morgan fingerprint density at radius 3 is 2.03 bits per heavy atom. The third-order valence-corrected chi connectivity index (χ3v) is 5.91. The Bertz CT molecular complexity index is 841. The highest BCUT2D eigenvalue weighted by Gasteiger charge is 2.27. The Morgan fingerprint density at radius 1 is 0.867 bits per heavy atom. The van der Waals surface area contributed by atoms with Crippen molar-refractivity contribution in [3.05, 3.63) is 65.2 Å². The Hall–Kier alpha value is -2.70. The van der Waals surface area contributed by atoms with Crippen LogP contribution in [0.4, 0.5) is 5.69 Å². The molecule has 2 aromatic rings. The Kier molecular flexibility index (Phi) is 7.60. The van der Waals surface area contributed by atoms with Gasteiger partial charge in [0.05, 0.1) is 0 Å². The molecule has 0 saturated carbocycles. The number of hydrogen-bond acceptors (Lipinski definition) is 2. The van der Waals surface area contributed by atoms with E-state index in [4.69, 9.17) is 0 Å². The van der Waals surface area contributed by atoms with E-state index in [1.807, 2.05) is 69.4 Å². The van der Waals surface area contributed by atoms with Crippen LogP contribution in [0.3, 0.4) is 0 Å². The van der Waals surface area contributed by atoms with Gasteiger partial charge < -0.3 is 20.0 Å². The van der Waals surface area contributed by atoms with Crippen molar-refractivity contribution in [3.8, 4) is 0 Å². The van der Waals surface area contributed by atoms with Crippen molar-refractivity contribution in [3.63, 3.8) is 0 Å². The smallest absolute Gasteiger partial charge is 0.279 e. The largest absolute Gasteiger partial charge is 0.337 e. The van der Waals surface area contributed by atoms with Gasteiger partial charge in [-0.1, -0.05) is 48.5 Å². The van der Waals surface area contributed by atoms with Gasteiger partial charge in [-0.25, -0.2) is 0 Å². The molecule has 0 atom stereocenters. The minimum absolute atomic E-state index is 0.0597. The fourth-order valence-electron chi connectivity index (χ4n) is 4.03. The van der Waals surface area contributed by atoms with Gasteiger partial charge in [0.1, 0.15) is 26.2 Å². The molecule has 6 nitrogen and oxygen atoms in total. The molecule has 0 aromatic heterocycles. The summed E-state index contributed by atoms with van der Waals surface area (Å²) in [6.45, 7) is 9.31. The lowest BCUT2D eigenvalue weighted by molar-refractivity contribution is -1.00. The van der Waals surface area contributed by atoms with Crippen molar-refractivity contribution in [2.45, 2.75) is 20.4 Å². The van der Waals surface area contributed by atoms with Crippen LogP contribution in [-0.2, 0) is 16.1 Å². The van der Waals surface area contributed by atoms with E-state index in [0.29, 0.717) is 19.6 Å². The number of hydrogen-bond donors (Lipinski definition) is 3. The first-order valence-electron chi connectivity index (χ1n) is 10.7. The van der Waals surface area contributed by atoms with Gasteiger partial charge in [0, 0.05) is 19.3 Å². The summed E-state index contributed by atoms with van der Waals surface area (Å²) < 4.78 is 0. The summed E-state index contributed by atoms with van der Waals surface area (Å²) in [7, 11) is 1.87. The van der Waals surface area contributed by atoms with Crippen molar-refractivity contribution in [2.24, 2.45) is 0 Å². The number of carbonyl (C=O) groups excluding carboxylic acids is 2. The lowest BCUT2D eigenvalue weighted by atomic mass is 10.1. The number of anilines is 1. The first-order chi connectivity index (χ1) is 14.4. The molecule has 30 heavy (non-hydrogen) atoms. The maximum absolute atomic E-state index is 12.6. The van der Waals surface area contributed by atoms with Crippen molar-refractivity contribution < 1.29 is 19.4 Å². The number of aryl methyl sites for hydroxylation is 2. The highest BCUT2D eigenvalue weighted by atomic mass is 16.2. The van der Waals surface area contributed by atoms with Crippen molar-refractivity contribution in [1.29, 1.82) is 0 Å². The molecule has 160 valence electrons. The van der Waals surface area contributed by atoms with Gasteiger partial charge in [0.2, 0.25) is 0 Å². The van der Waals surface area contributed by atoms with Crippen LogP contribution in [0.2, 0.25) is 0 Å². The summed E-state index contributed by atoms with van der Waals surface area (Å²) in [5.41, 5.74) is 4.25. The number of piperazine rings is 1. The van der Waals surface area contributed by atoms with Crippen molar-refractivity contribution >= 4 is 17.5 Å². The van der Waals surface area contributed by atoms with E-state index in [1.165, 1.54) is 9.80 Å². The molecule has 0 bridgehead atoms. The van der Waals surface area contributed by atoms with E-state index in [9.17, 15) is 9.59 Å². The zero-order chi connectivity index (χ0) is 21.5. The highest BCUT2D eigenvalue weighted by molar-refractivity contribution is 5.93. The second-order valence-corrected chi connectivity index (χ2v) is 8.40. The molecule has 0 aliphatic carbocycles. The van der Waals surface area contributed by atoms with Gasteiger partial charge in [-0.05, 0) is 30.5 Å². The summed E-state index contributed by atoms with van der Waals surface area (Å²) in [6.07, 6.45) is 0. The molecule has 3 rings (SSSR count). The number of nitrogens with zero attached hydrogens (tertiary/aromatic N) is 1. The van der Waals surface area contributed by atoms with Gasteiger partial charge in [0.25, 0.3) is 11.8 Å². The number of quaternary nitrogens is 2. The lowest BCUT2D eigenvalue weighted by Gasteiger charge is -2.30. The Morgan fingerprint density at radius 2 is 1.43 bits per heavy atom. The number of amides is 2. The third-order valence-electron chi connectivity index (χ3n) is 5.91. The van der Waals surface area contributed by atoms with Crippen LogP contribution in [0.25, 0.3) is 0 Å². The summed E-state index contributed by atoms with van der Waals surface area (Å²) in [4.78, 5) is 29.5. The molecule has 1 fully saturated rings. The van der Waals surface area contributed by atoms with Crippen molar-refractivity contribution in [2.75, 3.05) is 51.6 Å². The Balaban J connectivity index is 1.41. The van der Waals surface area contributed by atoms with E-state index in [-0.39, 0.29) is 11.8 Å². The molecule has 1 aliphatic rings. The molecule has 1 saturated heterocycles. The van der Waals surface area contributed by atoms with Crippen LogP contribution in [0, 0.1) is 13.8 Å². The van der Waals surface area contributed by atoms with Gasteiger partial charge in [0.15, 0.2) is 13.1 Å². The van der Waals surface area contributed by atoms with Crippen LogP contribution in [0.1, 0.15) is 16.7 Å².